The van der Waals surface area contributed by atoms with Gasteiger partial charge in [-0.2, -0.15) is 0 Å². The molecule has 0 fully saturated rings. The van der Waals surface area contributed by atoms with E-state index < -0.39 is 23.3 Å². The minimum atomic E-state index is -0.932. The van der Waals surface area contributed by atoms with Gasteiger partial charge in [0, 0.05) is 9.95 Å². The molecule has 1 rings (SSSR count). The van der Waals surface area contributed by atoms with Crippen molar-refractivity contribution in [2.75, 3.05) is 6.54 Å². The quantitative estimate of drug-likeness (QED) is 0.620. The third-order valence-corrected chi connectivity index (χ3v) is 2.16. The first-order valence-electron chi connectivity index (χ1n) is 4.17. The van der Waals surface area contributed by atoms with Gasteiger partial charge in [0.1, 0.15) is 5.92 Å². The summed E-state index contributed by atoms with van der Waals surface area (Å²) in [7, 11) is 0. The number of halogens is 1. The van der Waals surface area contributed by atoms with E-state index in [1.807, 2.05) is 0 Å². The molecule has 0 aliphatic rings. The number of carbonyl (C=O) groups excluding carboxylic acids is 1. The van der Waals surface area contributed by atoms with Crippen LogP contribution in [0.15, 0.2) is 24.3 Å². The van der Waals surface area contributed by atoms with Crippen molar-refractivity contribution in [3.8, 4) is 0 Å². The summed E-state index contributed by atoms with van der Waals surface area (Å²) < 4.78 is 0. The molecule has 15 heavy (non-hydrogen) atoms. The molecule has 1 atom stereocenters. The highest BCUT2D eigenvalue weighted by Crippen LogP contribution is 2.19. The van der Waals surface area contributed by atoms with E-state index in [9.17, 15) is 14.9 Å². The number of nitrogens with zero attached hydrogens (tertiary/aromatic N) is 1. The van der Waals surface area contributed by atoms with Gasteiger partial charge in [-0.25, -0.2) is 0 Å². The van der Waals surface area contributed by atoms with Crippen LogP contribution >= 0.6 is 11.6 Å². The van der Waals surface area contributed by atoms with E-state index in [0.29, 0.717) is 10.6 Å². The zero-order valence-electron chi connectivity index (χ0n) is 7.72. The van der Waals surface area contributed by atoms with Crippen LogP contribution in [-0.2, 0) is 4.79 Å². The lowest BCUT2D eigenvalue weighted by atomic mass is 9.99. The minimum Gasteiger partial charge on any atom is -0.369 e. The Morgan fingerprint density at radius 3 is 2.73 bits per heavy atom. The summed E-state index contributed by atoms with van der Waals surface area (Å²) in [5.74, 6) is -1.66. The zero-order valence-corrected chi connectivity index (χ0v) is 8.48. The van der Waals surface area contributed by atoms with Crippen molar-refractivity contribution in [3.05, 3.63) is 45.0 Å². The third kappa shape index (κ3) is 3.21. The second kappa shape index (κ2) is 4.75. The number of hydrogen-bond acceptors (Lipinski definition) is 3. The van der Waals surface area contributed by atoms with Gasteiger partial charge in [-0.05, 0) is 17.7 Å². The van der Waals surface area contributed by atoms with Crippen LogP contribution in [0.4, 0.5) is 0 Å². The van der Waals surface area contributed by atoms with Crippen molar-refractivity contribution in [2.45, 2.75) is 5.92 Å². The smallest absolute Gasteiger partial charge is 0.231 e. The Morgan fingerprint density at radius 2 is 2.27 bits per heavy atom. The number of hydrogen-bond donors (Lipinski definition) is 1. The molecular formula is C9H9ClN2O3. The molecule has 0 unspecified atom stereocenters. The summed E-state index contributed by atoms with van der Waals surface area (Å²) in [5.41, 5.74) is 5.55. The Morgan fingerprint density at radius 1 is 1.60 bits per heavy atom. The van der Waals surface area contributed by atoms with Gasteiger partial charge in [0.2, 0.25) is 12.5 Å². The van der Waals surface area contributed by atoms with Crippen molar-refractivity contribution in [3.63, 3.8) is 0 Å². The Balaban J connectivity index is 2.98. The second-order valence-corrected chi connectivity index (χ2v) is 3.46. The zero-order chi connectivity index (χ0) is 11.4. The summed E-state index contributed by atoms with van der Waals surface area (Å²) in [6.07, 6.45) is 0. The van der Waals surface area contributed by atoms with E-state index in [1.54, 1.807) is 18.2 Å². The monoisotopic (exact) mass is 228 g/mol. The fraction of sp³-hybridized carbons (Fsp3) is 0.222. The molecule has 1 amide bonds. The van der Waals surface area contributed by atoms with Crippen LogP contribution in [0.25, 0.3) is 0 Å². The van der Waals surface area contributed by atoms with Crippen LogP contribution in [0.5, 0.6) is 0 Å². The molecule has 0 bridgehead atoms. The predicted octanol–water partition coefficient (Wildman–Crippen LogP) is 1.19. The van der Waals surface area contributed by atoms with E-state index in [2.05, 4.69) is 0 Å². The van der Waals surface area contributed by atoms with E-state index >= 15 is 0 Å². The van der Waals surface area contributed by atoms with Crippen molar-refractivity contribution in [1.82, 2.24) is 0 Å². The molecule has 0 aliphatic heterocycles. The number of rotatable bonds is 4. The highest BCUT2D eigenvalue weighted by atomic mass is 35.5. The normalized spacial score (nSPS) is 12.1. The van der Waals surface area contributed by atoms with E-state index in [1.165, 1.54) is 6.07 Å². The standard InChI is InChI=1S/C9H9ClN2O3/c10-7-3-1-2-6(4-7)8(9(11)13)5-12(14)15/h1-4,8H,5H2,(H2,11,13)/t8-/m0/s1. The fourth-order valence-electron chi connectivity index (χ4n) is 1.23. The van der Waals surface area contributed by atoms with Crippen LogP contribution in [0, 0.1) is 10.1 Å². The van der Waals surface area contributed by atoms with Gasteiger partial charge in [0.15, 0.2) is 0 Å². The lowest BCUT2D eigenvalue weighted by Gasteiger charge is -2.09. The summed E-state index contributed by atoms with van der Waals surface area (Å²) in [6.45, 7) is -0.518. The molecule has 1 aromatic carbocycles. The molecule has 2 N–H and O–H groups in total. The predicted molar refractivity (Wildman–Crippen MR) is 55.2 cm³/mol. The first-order chi connectivity index (χ1) is 7.00. The summed E-state index contributed by atoms with van der Waals surface area (Å²) in [6, 6.07) is 6.33. The highest BCUT2D eigenvalue weighted by Gasteiger charge is 2.23. The molecule has 0 saturated heterocycles. The first-order valence-corrected chi connectivity index (χ1v) is 4.55. The summed E-state index contributed by atoms with van der Waals surface area (Å²) >= 11 is 5.71. The molecule has 0 aromatic heterocycles. The molecule has 80 valence electrons. The van der Waals surface area contributed by atoms with Crippen molar-refractivity contribution >= 4 is 17.5 Å². The average Bonchev–Trinajstić information content (AvgIpc) is 2.13. The van der Waals surface area contributed by atoms with E-state index in [0.717, 1.165) is 0 Å². The topological polar surface area (TPSA) is 86.2 Å². The van der Waals surface area contributed by atoms with Crippen molar-refractivity contribution in [1.29, 1.82) is 0 Å². The largest absolute Gasteiger partial charge is 0.369 e. The van der Waals surface area contributed by atoms with E-state index in [-0.39, 0.29) is 0 Å². The van der Waals surface area contributed by atoms with Gasteiger partial charge in [-0.3, -0.25) is 14.9 Å². The number of nitrogens with two attached hydrogens (primary N) is 1. The number of benzene rings is 1. The number of amides is 1. The maximum Gasteiger partial charge on any atom is 0.231 e. The van der Waals surface area contributed by atoms with Crippen molar-refractivity contribution in [2.24, 2.45) is 5.73 Å². The number of nitro groups is 1. The minimum absolute atomic E-state index is 0.419. The van der Waals surface area contributed by atoms with Crippen LogP contribution < -0.4 is 5.73 Å². The van der Waals surface area contributed by atoms with E-state index in [4.69, 9.17) is 17.3 Å². The summed E-state index contributed by atoms with van der Waals surface area (Å²) in [5, 5.41) is 10.8. The van der Waals surface area contributed by atoms with Gasteiger partial charge in [-0.1, -0.05) is 23.7 Å². The van der Waals surface area contributed by atoms with Gasteiger partial charge in [0.25, 0.3) is 0 Å². The van der Waals surface area contributed by atoms with Gasteiger partial charge in [-0.15, -0.1) is 0 Å². The highest BCUT2D eigenvalue weighted by molar-refractivity contribution is 6.30. The Kier molecular flexibility index (Phi) is 3.62. The summed E-state index contributed by atoms with van der Waals surface area (Å²) in [4.78, 5) is 20.8. The molecule has 0 aliphatic carbocycles. The van der Waals surface area contributed by atoms with Crippen LogP contribution in [-0.4, -0.2) is 17.4 Å². The Bertz CT molecular complexity index is 395. The van der Waals surface area contributed by atoms with Crippen LogP contribution in [0.1, 0.15) is 11.5 Å². The maximum atomic E-state index is 11.0. The maximum absolute atomic E-state index is 11.0. The second-order valence-electron chi connectivity index (χ2n) is 3.03. The van der Waals surface area contributed by atoms with Crippen LogP contribution in [0.3, 0.4) is 0 Å². The number of carbonyl (C=O) groups is 1. The van der Waals surface area contributed by atoms with Crippen LogP contribution in [0.2, 0.25) is 5.02 Å². The molecular weight excluding hydrogens is 220 g/mol. The molecule has 5 nitrogen and oxygen atoms in total. The SMILES string of the molecule is NC(=O)[C@@H](C[N+](=O)[O-])c1cccc(Cl)c1. The van der Waals surface area contributed by atoms with Crippen molar-refractivity contribution < 1.29 is 9.72 Å². The first kappa shape index (κ1) is 11.5. The Hall–Kier alpha value is -1.62. The number of primary amides is 1. The van der Waals surface area contributed by atoms with Gasteiger partial charge in [0.05, 0.1) is 0 Å². The molecule has 0 radical (unpaired) electrons. The lowest BCUT2D eigenvalue weighted by Crippen LogP contribution is -2.27. The molecule has 1 aromatic rings. The fourth-order valence-corrected chi connectivity index (χ4v) is 1.43. The molecule has 6 heteroatoms. The molecule has 0 saturated carbocycles. The van der Waals surface area contributed by atoms with Gasteiger partial charge < -0.3 is 5.73 Å². The third-order valence-electron chi connectivity index (χ3n) is 1.93. The average molecular weight is 229 g/mol. The lowest BCUT2D eigenvalue weighted by molar-refractivity contribution is -0.481. The molecule has 0 heterocycles. The Labute approximate surface area is 91.0 Å². The molecule has 0 spiro atoms. The van der Waals surface area contributed by atoms with Gasteiger partial charge >= 0.3 is 0 Å².